The summed E-state index contributed by atoms with van der Waals surface area (Å²) in [5.74, 6) is -0.233. The second-order valence-corrected chi connectivity index (χ2v) is 10.7. The lowest BCUT2D eigenvalue weighted by Gasteiger charge is -2.26. The van der Waals surface area contributed by atoms with Gasteiger partial charge in [-0.2, -0.15) is 11.8 Å². The molecule has 1 unspecified atom stereocenters. The number of fused-ring (bicyclic) bond motifs is 1. The smallest absolute Gasteiger partial charge is 0.329 e. The van der Waals surface area contributed by atoms with E-state index in [1.807, 2.05) is 70.2 Å². The van der Waals surface area contributed by atoms with Crippen molar-refractivity contribution < 1.29 is 24.5 Å². The highest BCUT2D eigenvalue weighted by Gasteiger charge is 2.29. The third kappa shape index (κ3) is 9.28. The third-order valence-corrected chi connectivity index (χ3v) is 6.67. The van der Waals surface area contributed by atoms with Crippen molar-refractivity contribution in [1.82, 2.24) is 5.32 Å². The number of carbonyl (C=O) groups is 2. The summed E-state index contributed by atoms with van der Waals surface area (Å²) in [6.45, 7) is 7.17. The quantitative estimate of drug-likeness (QED) is 0.367. The minimum absolute atomic E-state index is 0.203. The lowest BCUT2D eigenvalue weighted by Crippen LogP contribution is -2.47. The van der Waals surface area contributed by atoms with Crippen LogP contribution in [-0.4, -0.2) is 57.9 Å². The first-order valence-electron chi connectivity index (χ1n) is 12.0. The summed E-state index contributed by atoms with van der Waals surface area (Å²) in [5.41, 5.74) is 0.425. The zero-order valence-corrected chi connectivity index (χ0v) is 21.6. The normalized spacial score (nSPS) is 14.4. The van der Waals surface area contributed by atoms with Crippen LogP contribution >= 0.6 is 11.8 Å². The van der Waals surface area contributed by atoms with Gasteiger partial charge < -0.3 is 20.3 Å². The number of hydrogen-bond acceptors (Lipinski definition) is 6. The predicted octanol–water partition coefficient (Wildman–Crippen LogP) is 4.10. The highest BCUT2D eigenvalue weighted by molar-refractivity contribution is 7.99. The first-order valence-corrected chi connectivity index (χ1v) is 13.2. The molecule has 1 amide bonds. The average molecular weight is 490 g/mol. The van der Waals surface area contributed by atoms with Gasteiger partial charge >= 0.3 is 5.97 Å². The van der Waals surface area contributed by atoms with E-state index >= 15 is 0 Å². The van der Waals surface area contributed by atoms with Gasteiger partial charge in [0.25, 0.3) is 0 Å². The highest BCUT2D eigenvalue weighted by Crippen LogP contribution is 2.24. The molecule has 2 aromatic rings. The molecule has 3 atom stereocenters. The summed E-state index contributed by atoms with van der Waals surface area (Å²) in [6.07, 6.45) is 1.91. The van der Waals surface area contributed by atoms with Crippen LogP contribution in [0.1, 0.15) is 52.5 Å². The van der Waals surface area contributed by atoms with Crippen LogP contribution in [0.4, 0.5) is 0 Å². The minimum atomic E-state index is -0.828. The van der Waals surface area contributed by atoms with E-state index in [1.165, 1.54) is 11.8 Å². The Labute approximate surface area is 207 Å². The maximum atomic E-state index is 13.4. The molecule has 0 bridgehead atoms. The van der Waals surface area contributed by atoms with Crippen LogP contribution in [0.25, 0.3) is 10.8 Å². The maximum Gasteiger partial charge on any atom is 0.329 e. The van der Waals surface area contributed by atoms with Gasteiger partial charge in [0.1, 0.15) is 11.6 Å². The molecule has 0 aliphatic rings. The largest absolute Gasteiger partial charge is 0.458 e. The lowest BCUT2D eigenvalue weighted by atomic mass is 9.95. The number of aliphatic hydroxyl groups is 2. The first kappa shape index (κ1) is 28.1. The second kappa shape index (κ2) is 13.7. The molecule has 34 heavy (non-hydrogen) atoms. The number of amides is 1. The standard InChI is InChI=1S/C27H39NO5S/c1-5-6-14-24(26(32)33-27(2,3)4)28-25(31)21(17-34-18-22(30)16-29)15-20-12-9-11-19-10-7-8-13-23(19)20/h7-13,21-22,24,29-30H,5-6,14-18H2,1-4H3,(H,28,31)/t21-,22?,24+/m1/s1. The second-order valence-electron chi connectivity index (χ2n) is 9.65. The maximum absolute atomic E-state index is 13.4. The van der Waals surface area contributed by atoms with Crippen molar-refractivity contribution in [2.24, 2.45) is 5.92 Å². The van der Waals surface area contributed by atoms with Crippen LogP contribution in [0.3, 0.4) is 0 Å². The molecule has 2 rings (SSSR count). The molecule has 0 saturated heterocycles. The highest BCUT2D eigenvalue weighted by atomic mass is 32.2. The molecule has 188 valence electrons. The molecule has 0 saturated carbocycles. The van der Waals surface area contributed by atoms with E-state index < -0.39 is 29.6 Å². The van der Waals surface area contributed by atoms with Gasteiger partial charge in [-0.05, 0) is 49.9 Å². The molecular weight excluding hydrogens is 450 g/mol. The molecule has 0 aromatic heterocycles. The third-order valence-electron chi connectivity index (χ3n) is 5.41. The minimum Gasteiger partial charge on any atom is -0.458 e. The molecule has 6 nitrogen and oxygen atoms in total. The fraction of sp³-hybridized carbons (Fsp3) is 0.556. The van der Waals surface area contributed by atoms with Crippen LogP contribution in [0.5, 0.6) is 0 Å². The molecule has 0 heterocycles. The average Bonchev–Trinajstić information content (AvgIpc) is 2.79. The summed E-state index contributed by atoms with van der Waals surface area (Å²) in [5, 5.41) is 24.0. The Hall–Kier alpha value is -2.09. The number of carbonyl (C=O) groups excluding carboxylic acids is 2. The molecular formula is C27H39NO5S. The van der Waals surface area contributed by atoms with Crippen LogP contribution < -0.4 is 5.32 Å². The van der Waals surface area contributed by atoms with Gasteiger partial charge in [-0.15, -0.1) is 0 Å². The van der Waals surface area contributed by atoms with Crippen LogP contribution in [0, 0.1) is 5.92 Å². The van der Waals surface area contributed by atoms with Gasteiger partial charge in [-0.3, -0.25) is 4.79 Å². The van der Waals surface area contributed by atoms with Crippen molar-refractivity contribution in [3.63, 3.8) is 0 Å². The number of aliphatic hydroxyl groups excluding tert-OH is 2. The number of esters is 1. The Kier molecular flexibility index (Phi) is 11.4. The number of thioether (sulfide) groups is 1. The molecule has 2 aromatic carbocycles. The van der Waals surface area contributed by atoms with Crippen molar-refractivity contribution in [2.45, 2.75) is 71.1 Å². The number of ether oxygens (including phenoxy) is 1. The van der Waals surface area contributed by atoms with E-state index in [1.54, 1.807) is 0 Å². The summed E-state index contributed by atoms with van der Waals surface area (Å²) >= 11 is 1.42. The SMILES string of the molecule is CCCC[C@H](NC(=O)[C@@H](CSCC(O)CO)Cc1cccc2ccccc12)C(=O)OC(C)(C)C. The van der Waals surface area contributed by atoms with Gasteiger partial charge in [0.05, 0.1) is 18.6 Å². The number of nitrogens with one attached hydrogen (secondary N) is 1. The van der Waals surface area contributed by atoms with Gasteiger partial charge in [-0.1, -0.05) is 62.2 Å². The van der Waals surface area contributed by atoms with Crippen molar-refractivity contribution in [2.75, 3.05) is 18.1 Å². The molecule has 3 N–H and O–H groups in total. The van der Waals surface area contributed by atoms with Gasteiger partial charge in [0.2, 0.25) is 5.91 Å². The molecule has 0 aliphatic carbocycles. The number of benzene rings is 2. The topological polar surface area (TPSA) is 95.9 Å². The van der Waals surface area contributed by atoms with Crippen LogP contribution in [0.15, 0.2) is 42.5 Å². The van der Waals surface area contributed by atoms with Gasteiger partial charge in [-0.25, -0.2) is 4.79 Å². The van der Waals surface area contributed by atoms with Crippen molar-refractivity contribution >= 4 is 34.4 Å². The van der Waals surface area contributed by atoms with E-state index in [0.717, 1.165) is 29.2 Å². The van der Waals surface area contributed by atoms with E-state index in [9.17, 15) is 14.7 Å². The Morgan fingerprint density at radius 3 is 2.47 bits per heavy atom. The lowest BCUT2D eigenvalue weighted by molar-refractivity contribution is -0.159. The van der Waals surface area contributed by atoms with Crippen LogP contribution in [-0.2, 0) is 20.7 Å². The van der Waals surface area contributed by atoms with E-state index in [4.69, 9.17) is 9.84 Å². The first-order chi connectivity index (χ1) is 16.1. The molecule has 7 heteroatoms. The number of hydrogen-bond donors (Lipinski definition) is 3. The fourth-order valence-electron chi connectivity index (χ4n) is 3.68. The van der Waals surface area contributed by atoms with Crippen LogP contribution in [0.2, 0.25) is 0 Å². The number of rotatable bonds is 13. The molecule has 0 fully saturated rings. The van der Waals surface area contributed by atoms with Gasteiger partial charge in [0, 0.05) is 11.5 Å². The van der Waals surface area contributed by atoms with Crippen molar-refractivity contribution in [1.29, 1.82) is 0 Å². The summed E-state index contributed by atoms with van der Waals surface area (Å²) < 4.78 is 5.56. The number of unbranched alkanes of at least 4 members (excludes halogenated alkanes) is 1. The monoisotopic (exact) mass is 489 g/mol. The Balaban J connectivity index is 2.22. The van der Waals surface area contributed by atoms with E-state index in [0.29, 0.717) is 24.3 Å². The Morgan fingerprint density at radius 1 is 1.09 bits per heavy atom. The Bertz CT molecular complexity index is 921. The summed E-state index contributed by atoms with van der Waals surface area (Å²) in [6, 6.07) is 13.4. The Morgan fingerprint density at radius 2 is 1.79 bits per heavy atom. The van der Waals surface area contributed by atoms with E-state index in [-0.39, 0.29) is 12.5 Å². The van der Waals surface area contributed by atoms with Gasteiger partial charge in [0.15, 0.2) is 0 Å². The zero-order valence-electron chi connectivity index (χ0n) is 20.8. The zero-order chi connectivity index (χ0) is 25.1. The molecule has 0 spiro atoms. The predicted molar refractivity (Wildman–Crippen MR) is 139 cm³/mol. The fourth-order valence-corrected chi connectivity index (χ4v) is 4.75. The molecule has 0 aliphatic heterocycles. The van der Waals surface area contributed by atoms with Crippen molar-refractivity contribution in [3.8, 4) is 0 Å². The molecule has 0 radical (unpaired) electrons. The summed E-state index contributed by atoms with van der Waals surface area (Å²) in [4.78, 5) is 26.2. The summed E-state index contributed by atoms with van der Waals surface area (Å²) in [7, 11) is 0. The van der Waals surface area contributed by atoms with E-state index in [2.05, 4.69) is 5.32 Å². The van der Waals surface area contributed by atoms with Crippen molar-refractivity contribution in [3.05, 3.63) is 48.0 Å².